The Balaban J connectivity index is 1.66. The van der Waals surface area contributed by atoms with Crippen molar-refractivity contribution in [3.05, 3.63) is 0 Å². The smallest absolute Gasteiger partial charge is 0.0598 e. The summed E-state index contributed by atoms with van der Waals surface area (Å²) in [6, 6.07) is 1.62. The first-order valence-corrected chi connectivity index (χ1v) is 5.30. The summed E-state index contributed by atoms with van der Waals surface area (Å²) in [6.07, 6.45) is 10.6. The van der Waals surface area contributed by atoms with Gasteiger partial charge in [0.05, 0.1) is 6.54 Å². The summed E-state index contributed by atoms with van der Waals surface area (Å²) in [6.45, 7) is 3.18. The van der Waals surface area contributed by atoms with Crippen molar-refractivity contribution in [2.24, 2.45) is 0 Å². The molecule has 0 aromatic carbocycles. The molecule has 1 aliphatic carbocycles. The van der Waals surface area contributed by atoms with E-state index in [1.165, 1.54) is 38.8 Å². The van der Waals surface area contributed by atoms with Crippen molar-refractivity contribution in [3.63, 3.8) is 0 Å². The van der Waals surface area contributed by atoms with Crippen LogP contribution < -0.4 is 5.32 Å². The molecule has 2 fully saturated rings. The molecule has 1 saturated heterocycles. The molecule has 0 amide bonds. The van der Waals surface area contributed by atoms with Crippen molar-refractivity contribution in [2.45, 2.75) is 37.8 Å². The number of terminal acetylenes is 1. The quantitative estimate of drug-likeness (QED) is 0.644. The zero-order chi connectivity index (χ0) is 9.10. The van der Waals surface area contributed by atoms with Gasteiger partial charge < -0.3 is 5.32 Å². The molecule has 72 valence electrons. The summed E-state index contributed by atoms with van der Waals surface area (Å²) in [7, 11) is 0. The summed E-state index contributed by atoms with van der Waals surface area (Å²) in [4.78, 5) is 2.37. The first-order valence-electron chi connectivity index (χ1n) is 5.30. The lowest BCUT2D eigenvalue weighted by atomic mass is 10.1. The Labute approximate surface area is 80.7 Å². The third-order valence-corrected chi connectivity index (χ3v) is 2.95. The number of hydrogen-bond acceptors (Lipinski definition) is 2. The fraction of sp³-hybridized carbons (Fsp3) is 0.818. The number of nitrogens with one attached hydrogen (secondary N) is 1. The number of piperidine rings is 1. The molecule has 1 saturated carbocycles. The van der Waals surface area contributed by atoms with Gasteiger partial charge in [0.1, 0.15) is 0 Å². The van der Waals surface area contributed by atoms with Crippen molar-refractivity contribution in [1.82, 2.24) is 10.2 Å². The third kappa shape index (κ3) is 2.72. The van der Waals surface area contributed by atoms with Crippen LogP contribution in [0.1, 0.15) is 25.7 Å². The van der Waals surface area contributed by atoms with E-state index in [9.17, 15) is 0 Å². The first kappa shape index (κ1) is 9.05. The maximum Gasteiger partial charge on any atom is 0.0598 e. The van der Waals surface area contributed by atoms with Gasteiger partial charge in [-0.3, -0.25) is 4.90 Å². The van der Waals surface area contributed by atoms with Crippen molar-refractivity contribution in [1.29, 1.82) is 0 Å². The van der Waals surface area contributed by atoms with Crippen LogP contribution in [-0.2, 0) is 0 Å². The Morgan fingerprint density at radius 2 is 1.77 bits per heavy atom. The summed E-state index contributed by atoms with van der Waals surface area (Å²) in [5.74, 6) is 2.71. The van der Waals surface area contributed by atoms with Crippen LogP contribution in [0.2, 0.25) is 0 Å². The van der Waals surface area contributed by atoms with E-state index in [0.717, 1.165) is 18.6 Å². The fourth-order valence-electron chi connectivity index (χ4n) is 1.97. The van der Waals surface area contributed by atoms with Gasteiger partial charge in [0, 0.05) is 25.2 Å². The lowest BCUT2D eigenvalue weighted by Gasteiger charge is -2.31. The van der Waals surface area contributed by atoms with Crippen molar-refractivity contribution in [3.8, 4) is 12.3 Å². The Bertz CT molecular complexity index is 195. The minimum absolute atomic E-state index is 0.765. The molecule has 0 aromatic rings. The summed E-state index contributed by atoms with van der Waals surface area (Å²) < 4.78 is 0. The Hall–Kier alpha value is -0.520. The van der Waals surface area contributed by atoms with Crippen molar-refractivity contribution in [2.75, 3.05) is 19.6 Å². The van der Waals surface area contributed by atoms with Gasteiger partial charge in [-0.25, -0.2) is 0 Å². The Morgan fingerprint density at radius 1 is 1.15 bits per heavy atom. The second-order valence-corrected chi connectivity index (χ2v) is 4.20. The molecular weight excluding hydrogens is 160 g/mol. The van der Waals surface area contributed by atoms with E-state index in [2.05, 4.69) is 16.1 Å². The van der Waals surface area contributed by atoms with Crippen molar-refractivity contribution >= 4 is 0 Å². The number of likely N-dealkylation sites (tertiary alicyclic amines) is 1. The zero-order valence-corrected chi connectivity index (χ0v) is 8.13. The fourth-order valence-corrected chi connectivity index (χ4v) is 1.97. The highest BCUT2D eigenvalue weighted by atomic mass is 15.1. The van der Waals surface area contributed by atoms with E-state index < -0.39 is 0 Å². The van der Waals surface area contributed by atoms with Crippen LogP contribution in [0.4, 0.5) is 0 Å². The molecular formula is C11H18N2. The molecule has 1 N–H and O–H groups in total. The molecule has 0 atom stereocenters. The van der Waals surface area contributed by atoms with Gasteiger partial charge in [-0.05, 0) is 25.7 Å². The van der Waals surface area contributed by atoms with Gasteiger partial charge in [0.15, 0.2) is 0 Å². The standard InChI is InChI=1S/C11H18N2/c1-2-7-13-8-5-11(6-9-13)12-10-3-4-10/h1,10-12H,3-9H2. The van der Waals surface area contributed by atoms with Gasteiger partial charge in [0.2, 0.25) is 0 Å². The second-order valence-electron chi connectivity index (χ2n) is 4.20. The van der Waals surface area contributed by atoms with Crippen LogP contribution in [0.25, 0.3) is 0 Å². The van der Waals surface area contributed by atoms with Gasteiger partial charge >= 0.3 is 0 Å². The summed E-state index contributed by atoms with van der Waals surface area (Å²) in [5.41, 5.74) is 0. The molecule has 2 aliphatic rings. The lowest BCUT2D eigenvalue weighted by molar-refractivity contribution is 0.217. The largest absolute Gasteiger partial charge is 0.311 e. The molecule has 2 rings (SSSR count). The van der Waals surface area contributed by atoms with Gasteiger partial charge in [0.25, 0.3) is 0 Å². The highest BCUT2D eigenvalue weighted by Crippen LogP contribution is 2.22. The zero-order valence-electron chi connectivity index (χ0n) is 8.13. The van der Waals surface area contributed by atoms with Crippen LogP contribution in [0, 0.1) is 12.3 Å². The number of nitrogens with zero attached hydrogens (tertiary/aromatic N) is 1. The molecule has 1 aliphatic heterocycles. The first-order chi connectivity index (χ1) is 6.38. The molecule has 1 heterocycles. The molecule has 0 radical (unpaired) electrons. The number of hydrogen-bond donors (Lipinski definition) is 1. The predicted octanol–water partition coefficient (Wildman–Crippen LogP) is 0.836. The molecule has 0 aromatic heterocycles. The normalized spacial score (nSPS) is 25.8. The maximum absolute atomic E-state index is 5.28. The second kappa shape index (κ2) is 4.13. The SMILES string of the molecule is C#CCN1CCC(NC2CC2)CC1. The van der Waals surface area contributed by atoms with E-state index in [1.807, 2.05) is 0 Å². The average Bonchev–Trinajstić information content (AvgIpc) is 2.93. The highest BCUT2D eigenvalue weighted by Gasteiger charge is 2.26. The van der Waals surface area contributed by atoms with Crippen LogP contribution in [0.3, 0.4) is 0 Å². The molecule has 0 spiro atoms. The maximum atomic E-state index is 5.28. The minimum atomic E-state index is 0.765. The van der Waals surface area contributed by atoms with Gasteiger partial charge in [-0.15, -0.1) is 6.42 Å². The number of rotatable bonds is 3. The molecule has 0 unspecified atom stereocenters. The van der Waals surface area contributed by atoms with E-state index >= 15 is 0 Å². The lowest BCUT2D eigenvalue weighted by Crippen LogP contribution is -2.43. The molecule has 13 heavy (non-hydrogen) atoms. The van der Waals surface area contributed by atoms with E-state index in [1.54, 1.807) is 0 Å². The van der Waals surface area contributed by atoms with Gasteiger partial charge in [-0.2, -0.15) is 0 Å². The van der Waals surface area contributed by atoms with Crippen molar-refractivity contribution < 1.29 is 0 Å². The topological polar surface area (TPSA) is 15.3 Å². The Morgan fingerprint density at radius 3 is 2.31 bits per heavy atom. The minimum Gasteiger partial charge on any atom is -0.311 e. The average molecular weight is 178 g/mol. The van der Waals surface area contributed by atoms with Gasteiger partial charge in [-0.1, -0.05) is 5.92 Å². The Kier molecular flexibility index (Phi) is 2.87. The van der Waals surface area contributed by atoms with Crippen LogP contribution >= 0.6 is 0 Å². The molecule has 2 heteroatoms. The summed E-state index contributed by atoms with van der Waals surface area (Å²) in [5, 5.41) is 3.68. The van der Waals surface area contributed by atoms with E-state index in [-0.39, 0.29) is 0 Å². The van der Waals surface area contributed by atoms with Crippen LogP contribution in [-0.4, -0.2) is 36.6 Å². The summed E-state index contributed by atoms with van der Waals surface area (Å²) >= 11 is 0. The predicted molar refractivity (Wildman–Crippen MR) is 54.5 cm³/mol. The van der Waals surface area contributed by atoms with Crippen LogP contribution in [0.15, 0.2) is 0 Å². The highest BCUT2D eigenvalue weighted by molar-refractivity contribution is 4.92. The third-order valence-electron chi connectivity index (χ3n) is 2.95. The van der Waals surface area contributed by atoms with E-state index in [4.69, 9.17) is 6.42 Å². The van der Waals surface area contributed by atoms with Crippen LogP contribution in [0.5, 0.6) is 0 Å². The molecule has 0 bridgehead atoms. The molecule has 2 nitrogen and oxygen atoms in total. The van der Waals surface area contributed by atoms with E-state index in [0.29, 0.717) is 0 Å². The monoisotopic (exact) mass is 178 g/mol.